The van der Waals surface area contributed by atoms with Crippen LogP contribution in [0.2, 0.25) is 0 Å². The second-order valence-corrected chi connectivity index (χ2v) is 3.02. The van der Waals surface area contributed by atoms with Crippen LogP contribution in [0.5, 0.6) is 0 Å². The molecular formula is C11H11ClO2. The van der Waals surface area contributed by atoms with Crippen molar-refractivity contribution < 1.29 is 9.53 Å². The summed E-state index contributed by atoms with van der Waals surface area (Å²) in [5.74, 6) is -0.415. The zero-order valence-corrected chi connectivity index (χ0v) is 8.62. The fourth-order valence-corrected chi connectivity index (χ4v) is 1.18. The van der Waals surface area contributed by atoms with Gasteiger partial charge in [-0.2, -0.15) is 0 Å². The van der Waals surface area contributed by atoms with Gasteiger partial charge in [-0.25, -0.2) is 4.79 Å². The summed E-state index contributed by atoms with van der Waals surface area (Å²) in [6.07, 6.45) is 1.28. The monoisotopic (exact) mass is 210 g/mol. The van der Waals surface area contributed by atoms with Crippen molar-refractivity contribution in [3.05, 3.63) is 42.0 Å². The maximum absolute atomic E-state index is 11.0. The molecule has 0 aliphatic rings. The van der Waals surface area contributed by atoms with E-state index >= 15 is 0 Å². The van der Waals surface area contributed by atoms with Gasteiger partial charge in [0.05, 0.1) is 11.6 Å². The lowest BCUT2D eigenvalue weighted by molar-refractivity contribution is -0.137. The van der Waals surface area contributed by atoms with Gasteiger partial charge in [-0.3, -0.25) is 0 Å². The van der Waals surface area contributed by atoms with Gasteiger partial charge in [-0.1, -0.05) is 41.9 Å². The van der Waals surface area contributed by atoms with Crippen LogP contribution in [-0.2, 0) is 9.53 Å². The molecular weight excluding hydrogens is 200 g/mol. The highest BCUT2D eigenvalue weighted by Crippen LogP contribution is 2.17. The molecule has 0 spiro atoms. The third kappa shape index (κ3) is 3.23. The van der Waals surface area contributed by atoms with Gasteiger partial charge < -0.3 is 4.74 Å². The number of carbonyl (C=O) groups is 1. The zero-order chi connectivity index (χ0) is 10.4. The maximum atomic E-state index is 11.0. The number of benzene rings is 1. The Balaban J connectivity index is 2.75. The van der Waals surface area contributed by atoms with Crippen LogP contribution in [0, 0.1) is 0 Å². The van der Waals surface area contributed by atoms with Crippen LogP contribution in [-0.4, -0.2) is 12.6 Å². The average Bonchev–Trinajstić information content (AvgIpc) is 2.19. The number of rotatable bonds is 3. The molecule has 14 heavy (non-hydrogen) atoms. The van der Waals surface area contributed by atoms with Crippen molar-refractivity contribution in [2.24, 2.45) is 0 Å². The van der Waals surface area contributed by atoms with Gasteiger partial charge in [0.2, 0.25) is 0 Å². The second kappa shape index (κ2) is 5.45. The Morgan fingerprint density at radius 2 is 2.07 bits per heavy atom. The number of carbonyl (C=O) groups excluding carboxylic acids is 1. The van der Waals surface area contributed by atoms with Gasteiger partial charge in [0, 0.05) is 6.08 Å². The third-order valence-electron chi connectivity index (χ3n) is 1.58. The summed E-state index contributed by atoms with van der Waals surface area (Å²) in [7, 11) is 0. The predicted molar refractivity (Wildman–Crippen MR) is 56.9 cm³/mol. The third-order valence-corrected chi connectivity index (χ3v) is 1.91. The molecule has 0 aromatic heterocycles. The molecule has 0 unspecified atom stereocenters. The van der Waals surface area contributed by atoms with Gasteiger partial charge in [0.25, 0.3) is 0 Å². The number of halogens is 1. The summed E-state index contributed by atoms with van der Waals surface area (Å²) in [6.45, 7) is 2.11. The van der Waals surface area contributed by atoms with Gasteiger partial charge >= 0.3 is 5.97 Å². The van der Waals surface area contributed by atoms with E-state index < -0.39 is 5.97 Å². The molecule has 1 rings (SSSR count). The van der Waals surface area contributed by atoms with Crippen molar-refractivity contribution in [1.82, 2.24) is 0 Å². The average molecular weight is 211 g/mol. The van der Waals surface area contributed by atoms with Crippen molar-refractivity contribution in [3.8, 4) is 0 Å². The molecule has 74 valence electrons. The molecule has 0 atom stereocenters. The summed E-state index contributed by atoms with van der Waals surface area (Å²) in [6, 6.07) is 9.27. The van der Waals surface area contributed by atoms with E-state index in [9.17, 15) is 4.79 Å². The van der Waals surface area contributed by atoms with E-state index in [1.807, 2.05) is 30.3 Å². The minimum Gasteiger partial charge on any atom is -0.463 e. The molecule has 3 heteroatoms. The van der Waals surface area contributed by atoms with Crippen LogP contribution in [0.1, 0.15) is 12.5 Å². The van der Waals surface area contributed by atoms with Gasteiger partial charge in [-0.05, 0) is 12.5 Å². The molecule has 0 radical (unpaired) electrons. The van der Waals surface area contributed by atoms with Crippen LogP contribution in [0.4, 0.5) is 0 Å². The van der Waals surface area contributed by atoms with Crippen molar-refractivity contribution in [2.45, 2.75) is 6.92 Å². The quantitative estimate of drug-likeness (QED) is 0.567. The largest absolute Gasteiger partial charge is 0.463 e. The van der Waals surface area contributed by atoms with Crippen LogP contribution >= 0.6 is 11.6 Å². The first-order valence-corrected chi connectivity index (χ1v) is 4.71. The Bertz CT molecular complexity index is 330. The lowest BCUT2D eigenvalue weighted by Crippen LogP contribution is -1.99. The molecule has 1 aromatic rings. The van der Waals surface area contributed by atoms with Crippen LogP contribution in [0.15, 0.2) is 36.4 Å². The topological polar surface area (TPSA) is 26.3 Å². The molecule has 2 nitrogen and oxygen atoms in total. The molecule has 0 amide bonds. The summed E-state index contributed by atoms with van der Waals surface area (Å²) in [4.78, 5) is 11.0. The predicted octanol–water partition coefficient (Wildman–Crippen LogP) is 2.83. The highest BCUT2D eigenvalue weighted by Gasteiger charge is 2.01. The molecule has 0 saturated carbocycles. The first kappa shape index (κ1) is 10.8. The van der Waals surface area contributed by atoms with E-state index in [0.29, 0.717) is 11.6 Å². The second-order valence-electron chi connectivity index (χ2n) is 2.61. The molecule has 0 heterocycles. The first-order chi connectivity index (χ1) is 6.74. The van der Waals surface area contributed by atoms with Crippen LogP contribution in [0.3, 0.4) is 0 Å². The van der Waals surface area contributed by atoms with Crippen molar-refractivity contribution in [2.75, 3.05) is 6.61 Å². The molecule has 0 N–H and O–H groups in total. The van der Waals surface area contributed by atoms with Gasteiger partial charge in [0.15, 0.2) is 0 Å². The Hall–Kier alpha value is -1.28. The molecule has 0 fully saturated rings. The molecule has 0 bridgehead atoms. The highest BCUT2D eigenvalue weighted by atomic mass is 35.5. The van der Waals surface area contributed by atoms with E-state index in [0.717, 1.165) is 5.56 Å². The standard InChI is InChI=1S/C11H11ClO2/c1-2-14-11(13)8-10(12)9-6-4-3-5-7-9/h3-8H,2H2,1H3/b10-8+. The lowest BCUT2D eigenvalue weighted by atomic mass is 10.2. The Labute approximate surface area is 88.1 Å². The van der Waals surface area contributed by atoms with Gasteiger partial charge in [-0.15, -0.1) is 0 Å². The van der Waals surface area contributed by atoms with Crippen LogP contribution in [0.25, 0.3) is 5.03 Å². The van der Waals surface area contributed by atoms with Crippen molar-refractivity contribution >= 4 is 22.6 Å². The van der Waals surface area contributed by atoms with Crippen molar-refractivity contribution in [1.29, 1.82) is 0 Å². The minimum atomic E-state index is -0.415. The zero-order valence-electron chi connectivity index (χ0n) is 7.87. The Morgan fingerprint density at radius 1 is 1.43 bits per heavy atom. The summed E-state index contributed by atoms with van der Waals surface area (Å²) in [5, 5.41) is 0.393. The first-order valence-electron chi connectivity index (χ1n) is 4.33. The number of ether oxygens (including phenoxy) is 1. The van der Waals surface area contributed by atoms with Crippen LogP contribution < -0.4 is 0 Å². The summed E-state index contributed by atoms with van der Waals surface area (Å²) in [5.41, 5.74) is 0.808. The van der Waals surface area contributed by atoms with E-state index in [1.54, 1.807) is 6.92 Å². The maximum Gasteiger partial charge on any atom is 0.332 e. The Kier molecular flexibility index (Phi) is 4.20. The number of esters is 1. The summed E-state index contributed by atoms with van der Waals surface area (Å²) < 4.78 is 4.73. The highest BCUT2D eigenvalue weighted by molar-refractivity contribution is 6.50. The normalized spacial score (nSPS) is 11.1. The van der Waals surface area contributed by atoms with Gasteiger partial charge in [0.1, 0.15) is 0 Å². The molecule has 1 aromatic carbocycles. The number of hydrogen-bond acceptors (Lipinski definition) is 2. The van der Waals surface area contributed by atoms with E-state index in [-0.39, 0.29) is 0 Å². The smallest absolute Gasteiger partial charge is 0.332 e. The molecule has 0 aliphatic heterocycles. The minimum absolute atomic E-state index is 0.355. The molecule has 0 saturated heterocycles. The SMILES string of the molecule is CCOC(=O)/C=C(/Cl)c1ccccc1. The Morgan fingerprint density at radius 3 is 2.64 bits per heavy atom. The fraction of sp³-hybridized carbons (Fsp3) is 0.182. The number of hydrogen-bond donors (Lipinski definition) is 0. The van der Waals surface area contributed by atoms with E-state index in [1.165, 1.54) is 6.08 Å². The van der Waals surface area contributed by atoms with Crippen molar-refractivity contribution in [3.63, 3.8) is 0 Å². The summed E-state index contributed by atoms with van der Waals surface area (Å²) >= 11 is 5.90. The molecule has 0 aliphatic carbocycles. The fourth-order valence-electron chi connectivity index (χ4n) is 0.968. The van der Waals surface area contributed by atoms with E-state index in [2.05, 4.69) is 0 Å². The lowest BCUT2D eigenvalue weighted by Gasteiger charge is -1.99. The van der Waals surface area contributed by atoms with E-state index in [4.69, 9.17) is 16.3 Å².